The van der Waals surface area contributed by atoms with Gasteiger partial charge in [-0.2, -0.15) is 0 Å². The Kier molecular flexibility index (Phi) is 8.32. The Hall–Kier alpha value is -3.82. The molecule has 3 heterocycles. The van der Waals surface area contributed by atoms with Crippen LogP contribution in [0.5, 0.6) is 5.75 Å². The van der Waals surface area contributed by atoms with E-state index >= 15 is 0 Å². The highest BCUT2D eigenvalue weighted by Crippen LogP contribution is 2.40. The molecule has 3 N–H and O–H groups in total. The van der Waals surface area contributed by atoms with Crippen LogP contribution in [0.25, 0.3) is 22.4 Å². The van der Waals surface area contributed by atoms with E-state index in [1.165, 1.54) is 4.90 Å². The van der Waals surface area contributed by atoms with Crippen molar-refractivity contribution in [2.24, 2.45) is 0 Å². The highest BCUT2D eigenvalue weighted by atomic mass is 35.5. The summed E-state index contributed by atoms with van der Waals surface area (Å²) >= 11 is 6.61. The predicted octanol–water partition coefficient (Wildman–Crippen LogP) is 4.67. The van der Waals surface area contributed by atoms with Gasteiger partial charge >= 0.3 is 0 Å². The fourth-order valence-electron chi connectivity index (χ4n) is 4.64. The standard InChI is InChI=1S/C29H36ClN7O2/c1-29(2,3)37-14-12-36(13-15-37)25-17-21(18-33-28(25)31)26-27(39)22(8-9-32-26)20-6-7-24(23(30)16-20)35(5)11-10-34(4)19-38/h6-11,16-19,39H,12-15H2,1-5H3,(H2,31,33)/b11-10-. The first-order valence-corrected chi connectivity index (χ1v) is 13.2. The Bertz CT molecular complexity index is 1360. The van der Waals surface area contributed by atoms with Gasteiger partial charge in [0.1, 0.15) is 17.3 Å². The van der Waals surface area contributed by atoms with Gasteiger partial charge in [-0.25, -0.2) is 4.98 Å². The van der Waals surface area contributed by atoms with E-state index in [9.17, 15) is 9.90 Å². The molecule has 206 valence electrons. The summed E-state index contributed by atoms with van der Waals surface area (Å²) in [6.07, 6.45) is 7.40. The van der Waals surface area contributed by atoms with E-state index in [-0.39, 0.29) is 11.3 Å². The van der Waals surface area contributed by atoms with Gasteiger partial charge in [0.15, 0.2) is 0 Å². The lowest BCUT2D eigenvalue weighted by atomic mass is 10.0. The third-order valence-corrected chi connectivity index (χ3v) is 7.30. The molecule has 1 aliphatic heterocycles. The minimum absolute atomic E-state index is 0.0391. The molecule has 1 aliphatic rings. The van der Waals surface area contributed by atoms with E-state index in [0.717, 1.165) is 43.1 Å². The molecule has 4 rings (SSSR count). The molecule has 1 aromatic carbocycles. The van der Waals surface area contributed by atoms with Crippen LogP contribution in [-0.4, -0.2) is 77.1 Å². The first-order chi connectivity index (χ1) is 18.5. The summed E-state index contributed by atoms with van der Waals surface area (Å²) in [5.74, 6) is 0.496. The first kappa shape index (κ1) is 28.2. The number of carbonyl (C=O) groups excluding carboxylic acids is 1. The van der Waals surface area contributed by atoms with Crippen molar-refractivity contribution in [2.45, 2.75) is 26.3 Å². The van der Waals surface area contributed by atoms with Gasteiger partial charge in [-0.15, -0.1) is 0 Å². The molecule has 3 aromatic rings. The number of nitrogens with zero attached hydrogens (tertiary/aromatic N) is 6. The summed E-state index contributed by atoms with van der Waals surface area (Å²) in [6, 6.07) is 9.25. The number of pyridine rings is 2. The molecular formula is C29H36ClN7O2. The number of halogens is 1. The zero-order valence-electron chi connectivity index (χ0n) is 23.1. The van der Waals surface area contributed by atoms with Gasteiger partial charge in [0, 0.05) is 81.7 Å². The van der Waals surface area contributed by atoms with E-state index in [1.54, 1.807) is 44.0 Å². The summed E-state index contributed by atoms with van der Waals surface area (Å²) in [5, 5.41) is 11.8. The molecule has 0 saturated carbocycles. The molecule has 0 radical (unpaired) electrons. The largest absolute Gasteiger partial charge is 0.505 e. The average molecular weight is 550 g/mol. The zero-order valence-corrected chi connectivity index (χ0v) is 23.9. The van der Waals surface area contributed by atoms with Crippen LogP contribution >= 0.6 is 11.6 Å². The van der Waals surface area contributed by atoms with E-state index < -0.39 is 0 Å². The van der Waals surface area contributed by atoms with Gasteiger partial charge in [0.2, 0.25) is 6.41 Å². The molecule has 0 bridgehead atoms. The number of nitrogen functional groups attached to an aromatic ring is 1. The number of amides is 1. The highest BCUT2D eigenvalue weighted by Gasteiger charge is 2.27. The maximum Gasteiger partial charge on any atom is 0.213 e. The monoisotopic (exact) mass is 549 g/mol. The smallest absolute Gasteiger partial charge is 0.213 e. The fraction of sp³-hybridized carbons (Fsp3) is 0.345. The number of aromatic hydroxyl groups is 1. The molecule has 0 spiro atoms. The van der Waals surface area contributed by atoms with Crippen LogP contribution in [0.3, 0.4) is 0 Å². The van der Waals surface area contributed by atoms with Crippen molar-refractivity contribution in [1.82, 2.24) is 19.8 Å². The zero-order chi connectivity index (χ0) is 28.3. The fourth-order valence-corrected chi connectivity index (χ4v) is 4.96. The number of carbonyl (C=O) groups is 1. The molecular weight excluding hydrogens is 514 g/mol. The number of aromatic nitrogens is 2. The summed E-state index contributed by atoms with van der Waals surface area (Å²) in [5.41, 5.74) is 10.5. The molecule has 1 amide bonds. The summed E-state index contributed by atoms with van der Waals surface area (Å²) in [4.78, 5) is 27.7. The van der Waals surface area contributed by atoms with Gasteiger partial charge in [0.25, 0.3) is 0 Å². The van der Waals surface area contributed by atoms with Crippen molar-refractivity contribution in [2.75, 3.05) is 55.8 Å². The van der Waals surface area contributed by atoms with Gasteiger partial charge in [-0.1, -0.05) is 17.7 Å². The van der Waals surface area contributed by atoms with Gasteiger partial charge in [-0.3, -0.25) is 14.7 Å². The molecule has 0 aliphatic carbocycles. The Labute approximate surface area is 235 Å². The van der Waals surface area contributed by atoms with Crippen LogP contribution in [0.2, 0.25) is 5.02 Å². The average Bonchev–Trinajstić information content (AvgIpc) is 2.91. The quantitative estimate of drug-likeness (QED) is 0.410. The SMILES string of the molecule is CN(C=O)/C=C\N(C)c1ccc(-c2ccnc(-c3cnc(N)c(N4CCN(C(C)(C)C)CC4)c3)c2O)cc1Cl. The lowest BCUT2D eigenvalue weighted by molar-refractivity contribution is -0.115. The van der Waals surface area contributed by atoms with Crippen LogP contribution in [0.4, 0.5) is 17.2 Å². The minimum atomic E-state index is 0.0391. The second kappa shape index (κ2) is 11.5. The number of piperazine rings is 1. The Morgan fingerprint density at radius 3 is 2.38 bits per heavy atom. The normalized spacial score (nSPS) is 14.6. The third-order valence-electron chi connectivity index (χ3n) is 6.99. The Balaban J connectivity index is 1.61. The van der Waals surface area contributed by atoms with Crippen LogP contribution in [-0.2, 0) is 4.79 Å². The second-order valence-electron chi connectivity index (χ2n) is 10.7. The highest BCUT2D eigenvalue weighted by molar-refractivity contribution is 6.33. The lowest BCUT2D eigenvalue weighted by Gasteiger charge is -2.43. The summed E-state index contributed by atoms with van der Waals surface area (Å²) < 4.78 is 0. The van der Waals surface area contributed by atoms with Crippen LogP contribution in [0.1, 0.15) is 20.8 Å². The van der Waals surface area contributed by atoms with Crippen LogP contribution in [0, 0.1) is 0 Å². The summed E-state index contributed by atoms with van der Waals surface area (Å²) in [7, 11) is 3.49. The number of nitrogens with two attached hydrogens (primary N) is 1. The molecule has 0 unspecified atom stereocenters. The maximum atomic E-state index is 11.3. The number of benzene rings is 1. The second-order valence-corrected chi connectivity index (χ2v) is 11.1. The Morgan fingerprint density at radius 2 is 1.74 bits per heavy atom. The topological polar surface area (TPSA) is 102 Å². The molecule has 1 fully saturated rings. The molecule has 2 aromatic heterocycles. The lowest BCUT2D eigenvalue weighted by Crippen LogP contribution is -2.53. The number of rotatable bonds is 7. The Morgan fingerprint density at radius 1 is 1.03 bits per heavy atom. The van der Waals surface area contributed by atoms with Crippen molar-refractivity contribution in [1.29, 1.82) is 0 Å². The van der Waals surface area contributed by atoms with Crippen molar-refractivity contribution in [3.8, 4) is 28.1 Å². The van der Waals surface area contributed by atoms with Crippen molar-refractivity contribution >= 4 is 35.2 Å². The van der Waals surface area contributed by atoms with E-state index in [2.05, 4.69) is 40.5 Å². The van der Waals surface area contributed by atoms with Crippen molar-refractivity contribution < 1.29 is 9.90 Å². The van der Waals surface area contributed by atoms with E-state index in [1.807, 2.05) is 30.1 Å². The number of hydrogen-bond acceptors (Lipinski definition) is 8. The van der Waals surface area contributed by atoms with E-state index in [4.69, 9.17) is 17.3 Å². The maximum absolute atomic E-state index is 11.3. The van der Waals surface area contributed by atoms with Crippen LogP contribution in [0.15, 0.2) is 55.1 Å². The molecule has 9 nitrogen and oxygen atoms in total. The summed E-state index contributed by atoms with van der Waals surface area (Å²) in [6.45, 7) is 10.2. The third kappa shape index (κ3) is 6.26. The molecule has 1 saturated heterocycles. The predicted molar refractivity (Wildman–Crippen MR) is 159 cm³/mol. The van der Waals surface area contributed by atoms with Crippen molar-refractivity contribution in [3.05, 3.63) is 60.1 Å². The number of hydrogen-bond donors (Lipinski definition) is 2. The van der Waals surface area contributed by atoms with Crippen LogP contribution < -0.4 is 15.5 Å². The van der Waals surface area contributed by atoms with Gasteiger partial charge < -0.3 is 25.5 Å². The minimum Gasteiger partial charge on any atom is -0.505 e. The van der Waals surface area contributed by atoms with Crippen molar-refractivity contribution in [3.63, 3.8) is 0 Å². The molecule has 0 atom stereocenters. The van der Waals surface area contributed by atoms with Gasteiger partial charge in [-0.05, 0) is 50.6 Å². The van der Waals surface area contributed by atoms with Gasteiger partial charge in [0.05, 0.1) is 16.4 Å². The number of anilines is 3. The molecule has 10 heteroatoms. The first-order valence-electron chi connectivity index (χ1n) is 12.8. The molecule has 39 heavy (non-hydrogen) atoms. The van der Waals surface area contributed by atoms with E-state index in [0.29, 0.717) is 34.1 Å².